The van der Waals surface area contributed by atoms with Crippen molar-refractivity contribution in [1.29, 1.82) is 0 Å². The molecule has 6 nitrogen and oxygen atoms in total. The molecular weight excluding hydrogens is 634 g/mol. The lowest BCUT2D eigenvalue weighted by Gasteiger charge is -2.16. The van der Waals surface area contributed by atoms with Gasteiger partial charge in [0.05, 0.1) is 28.2 Å². The summed E-state index contributed by atoms with van der Waals surface area (Å²) in [7, 11) is 0. The van der Waals surface area contributed by atoms with Crippen molar-refractivity contribution >= 4 is 59.7 Å². The van der Waals surface area contributed by atoms with Gasteiger partial charge in [-0.05, 0) is 81.5 Å². The van der Waals surface area contributed by atoms with E-state index in [2.05, 4.69) is 68.2 Å². The number of ether oxygens (including phenoxy) is 2. The number of fused-ring (bicyclic) bond motifs is 2. The third-order valence-corrected chi connectivity index (χ3v) is 7.87. The van der Waals surface area contributed by atoms with E-state index >= 15 is 0 Å². The molecule has 0 aliphatic rings. The highest BCUT2D eigenvalue weighted by Crippen LogP contribution is 2.37. The van der Waals surface area contributed by atoms with Crippen LogP contribution in [-0.2, 0) is 6.61 Å². The van der Waals surface area contributed by atoms with E-state index in [1.165, 1.54) is 10.1 Å². The molecule has 0 bridgehead atoms. The second-order valence-corrected chi connectivity index (χ2v) is 11.3. The molecule has 0 amide bonds. The molecule has 0 radical (unpaired) electrons. The largest absolute Gasteiger partial charge is 0.490 e. The summed E-state index contributed by atoms with van der Waals surface area (Å²) < 4.78 is 15.2. The van der Waals surface area contributed by atoms with Gasteiger partial charge in [0.25, 0.3) is 5.56 Å². The van der Waals surface area contributed by atoms with E-state index in [0.717, 1.165) is 31.9 Å². The first-order chi connectivity index (χ1) is 19.4. The Morgan fingerprint density at radius 2 is 1.77 bits per heavy atom. The summed E-state index contributed by atoms with van der Waals surface area (Å²) in [6.07, 6.45) is 2.48. The summed E-state index contributed by atoms with van der Waals surface area (Å²) in [6.45, 7) is 6.90. The molecule has 0 saturated carbocycles. The average Bonchev–Trinajstić information content (AvgIpc) is 2.96. The van der Waals surface area contributed by atoms with Crippen molar-refractivity contribution in [3.05, 3.63) is 109 Å². The van der Waals surface area contributed by atoms with E-state index in [9.17, 15) is 4.79 Å². The lowest BCUT2D eigenvalue weighted by Crippen LogP contribution is -2.23. The van der Waals surface area contributed by atoms with Crippen molar-refractivity contribution in [2.75, 3.05) is 6.61 Å². The molecule has 40 heavy (non-hydrogen) atoms. The first kappa shape index (κ1) is 28.1. The van der Waals surface area contributed by atoms with Crippen LogP contribution in [0.1, 0.15) is 50.1 Å². The molecule has 5 aromatic rings. The summed E-state index contributed by atoms with van der Waals surface area (Å²) in [5.41, 5.74) is 2.29. The molecule has 8 heteroatoms. The average molecular weight is 663 g/mol. The highest BCUT2D eigenvalue weighted by atomic mass is 79.9. The molecule has 1 aromatic heterocycles. The van der Waals surface area contributed by atoms with Gasteiger partial charge >= 0.3 is 0 Å². The predicted molar refractivity (Wildman–Crippen MR) is 169 cm³/mol. The van der Waals surface area contributed by atoms with Crippen molar-refractivity contribution in [1.82, 2.24) is 9.66 Å². The number of hydrogen-bond donors (Lipinski definition) is 0. The Morgan fingerprint density at radius 3 is 2.58 bits per heavy atom. The normalized spacial score (nSPS) is 12.3. The molecule has 204 valence electrons. The SMILES string of the molecule is CCOc1cc(C=Nn2c([C@@H](C)CC)nc3ccc(Br)cc3c2=O)cc(Br)c1OCc1cccc2ccccc12. The van der Waals surface area contributed by atoms with Crippen LogP contribution in [0.3, 0.4) is 0 Å². The molecule has 1 heterocycles. The van der Waals surface area contributed by atoms with E-state index in [1.807, 2.05) is 56.3 Å². The van der Waals surface area contributed by atoms with Gasteiger partial charge in [-0.3, -0.25) is 4.79 Å². The maximum absolute atomic E-state index is 13.5. The Hall–Kier alpha value is -3.49. The monoisotopic (exact) mass is 661 g/mol. The lowest BCUT2D eigenvalue weighted by atomic mass is 10.1. The zero-order chi connectivity index (χ0) is 28.2. The van der Waals surface area contributed by atoms with Crippen molar-refractivity contribution in [3.8, 4) is 11.5 Å². The summed E-state index contributed by atoms with van der Waals surface area (Å²) in [5, 5.41) is 7.44. The molecule has 0 unspecified atom stereocenters. The Labute approximate surface area is 249 Å². The summed E-state index contributed by atoms with van der Waals surface area (Å²) in [5.74, 6) is 1.88. The van der Waals surface area contributed by atoms with Crippen LogP contribution < -0.4 is 15.0 Å². The van der Waals surface area contributed by atoms with Gasteiger partial charge in [0.15, 0.2) is 11.5 Å². The second-order valence-electron chi connectivity index (χ2n) is 9.49. The van der Waals surface area contributed by atoms with Gasteiger partial charge in [0.1, 0.15) is 12.4 Å². The van der Waals surface area contributed by atoms with Crippen LogP contribution in [0, 0.1) is 0 Å². The van der Waals surface area contributed by atoms with Gasteiger partial charge in [-0.25, -0.2) is 4.98 Å². The van der Waals surface area contributed by atoms with Gasteiger partial charge < -0.3 is 9.47 Å². The predicted octanol–water partition coefficient (Wildman–Crippen LogP) is 8.45. The number of benzene rings is 4. The Kier molecular flexibility index (Phi) is 8.66. The van der Waals surface area contributed by atoms with Gasteiger partial charge in [-0.2, -0.15) is 9.78 Å². The maximum atomic E-state index is 13.5. The number of rotatable bonds is 9. The van der Waals surface area contributed by atoms with Gasteiger partial charge in [-0.1, -0.05) is 72.2 Å². The van der Waals surface area contributed by atoms with Crippen LogP contribution in [0.5, 0.6) is 11.5 Å². The number of halogens is 2. The molecule has 0 N–H and O–H groups in total. The number of aromatic nitrogens is 2. The third kappa shape index (κ3) is 5.83. The van der Waals surface area contributed by atoms with Crippen LogP contribution >= 0.6 is 31.9 Å². The Morgan fingerprint density at radius 1 is 0.975 bits per heavy atom. The van der Waals surface area contributed by atoms with Gasteiger partial charge in [-0.15, -0.1) is 0 Å². The molecule has 5 rings (SSSR count). The second kappa shape index (κ2) is 12.4. The molecule has 0 saturated heterocycles. The fourth-order valence-electron chi connectivity index (χ4n) is 4.54. The molecule has 0 aliphatic carbocycles. The fraction of sp³-hybridized carbons (Fsp3) is 0.219. The van der Waals surface area contributed by atoms with E-state index in [1.54, 1.807) is 12.3 Å². The smallest absolute Gasteiger partial charge is 0.282 e. The molecule has 0 spiro atoms. The van der Waals surface area contributed by atoms with Crippen molar-refractivity contribution in [2.45, 2.75) is 39.7 Å². The minimum atomic E-state index is -0.211. The van der Waals surface area contributed by atoms with Crippen molar-refractivity contribution in [3.63, 3.8) is 0 Å². The Bertz CT molecular complexity index is 1780. The van der Waals surface area contributed by atoms with Gasteiger partial charge in [0.2, 0.25) is 0 Å². The highest BCUT2D eigenvalue weighted by molar-refractivity contribution is 9.10. The van der Waals surface area contributed by atoms with Crippen molar-refractivity contribution < 1.29 is 9.47 Å². The standard InChI is InChI=1S/C32H29Br2N3O3/c1-4-20(3)31-36-28-14-13-24(33)17-26(28)32(38)37(31)35-18-21-15-27(34)30(29(16-21)39-5-2)40-19-23-11-8-10-22-9-6-7-12-25(22)23/h6-18,20H,4-5,19H2,1-3H3/t20-/m0/s1. The summed E-state index contributed by atoms with van der Waals surface area (Å²) in [4.78, 5) is 18.3. The first-order valence-corrected chi connectivity index (χ1v) is 14.8. The van der Waals surface area contributed by atoms with Gasteiger partial charge in [0, 0.05) is 10.4 Å². The Balaban J connectivity index is 1.50. The van der Waals surface area contributed by atoms with E-state index < -0.39 is 0 Å². The van der Waals surface area contributed by atoms with E-state index in [-0.39, 0.29) is 11.5 Å². The lowest BCUT2D eigenvalue weighted by molar-refractivity contribution is 0.268. The number of nitrogens with zero attached hydrogens (tertiary/aromatic N) is 3. The zero-order valence-corrected chi connectivity index (χ0v) is 25.7. The third-order valence-electron chi connectivity index (χ3n) is 6.79. The van der Waals surface area contributed by atoms with E-state index in [0.29, 0.717) is 41.4 Å². The van der Waals surface area contributed by atoms with Crippen LogP contribution in [-0.4, -0.2) is 22.5 Å². The molecule has 0 aliphatic heterocycles. The molecular formula is C32H29Br2N3O3. The molecule has 4 aromatic carbocycles. The van der Waals surface area contributed by atoms with Crippen LogP contribution in [0.2, 0.25) is 0 Å². The van der Waals surface area contributed by atoms with Crippen LogP contribution in [0.4, 0.5) is 0 Å². The minimum Gasteiger partial charge on any atom is -0.490 e. The summed E-state index contributed by atoms with van der Waals surface area (Å²) in [6, 6.07) is 23.8. The minimum absolute atomic E-state index is 0.0495. The quantitative estimate of drug-likeness (QED) is 0.149. The van der Waals surface area contributed by atoms with Crippen molar-refractivity contribution in [2.24, 2.45) is 5.10 Å². The maximum Gasteiger partial charge on any atom is 0.282 e. The number of hydrogen-bond acceptors (Lipinski definition) is 5. The fourth-order valence-corrected chi connectivity index (χ4v) is 5.47. The van der Waals surface area contributed by atoms with Crippen LogP contribution in [0.15, 0.2) is 91.6 Å². The zero-order valence-electron chi connectivity index (χ0n) is 22.5. The van der Waals surface area contributed by atoms with Crippen LogP contribution in [0.25, 0.3) is 21.7 Å². The van der Waals surface area contributed by atoms with E-state index in [4.69, 9.17) is 14.5 Å². The molecule has 1 atom stereocenters. The topological polar surface area (TPSA) is 65.7 Å². The highest BCUT2D eigenvalue weighted by Gasteiger charge is 2.17. The first-order valence-electron chi connectivity index (χ1n) is 13.2. The molecule has 0 fully saturated rings. The summed E-state index contributed by atoms with van der Waals surface area (Å²) >= 11 is 7.13.